The third-order valence-corrected chi connectivity index (χ3v) is 6.78. The molecule has 0 aromatic carbocycles. The molecule has 0 saturated heterocycles. The minimum absolute atomic E-state index is 0.0507. The van der Waals surface area contributed by atoms with E-state index in [0.29, 0.717) is 16.7 Å². The molecule has 1 N–H and O–H groups in total. The van der Waals surface area contributed by atoms with Gasteiger partial charge in [-0.3, -0.25) is 4.79 Å². The fraction of sp³-hybridized carbons (Fsp3) is 0.950. The van der Waals surface area contributed by atoms with E-state index in [1.54, 1.807) is 0 Å². The van der Waals surface area contributed by atoms with Crippen LogP contribution in [-0.4, -0.2) is 37.5 Å². The molecule has 0 radical (unpaired) electrons. The Bertz CT molecular complexity index is 443. The van der Waals surface area contributed by atoms with Crippen LogP contribution in [0.5, 0.6) is 0 Å². The lowest BCUT2D eigenvalue weighted by Gasteiger charge is -2.64. The van der Waals surface area contributed by atoms with Gasteiger partial charge in [0, 0.05) is 13.1 Å². The van der Waals surface area contributed by atoms with E-state index in [1.807, 2.05) is 0 Å². The monoisotopic (exact) mass is 320 g/mol. The molecule has 3 heteroatoms. The molecular formula is C20H36N2O. The van der Waals surface area contributed by atoms with Gasteiger partial charge < -0.3 is 10.2 Å². The summed E-state index contributed by atoms with van der Waals surface area (Å²) in [6, 6.07) is 0. The number of carbonyl (C=O) groups is 1. The molecule has 4 aliphatic rings. The van der Waals surface area contributed by atoms with Crippen molar-refractivity contribution in [3.63, 3.8) is 0 Å². The van der Waals surface area contributed by atoms with Crippen LogP contribution in [0.25, 0.3) is 0 Å². The summed E-state index contributed by atoms with van der Waals surface area (Å²) in [7, 11) is 2.16. The SMILES string of the molecule is CCCCN(C)CCNC(=O)C12CC3CC(C)(CC(C)(C3)C1)C2. The van der Waals surface area contributed by atoms with Crippen molar-refractivity contribution >= 4 is 5.91 Å². The van der Waals surface area contributed by atoms with Crippen molar-refractivity contribution in [1.29, 1.82) is 0 Å². The number of rotatable bonds is 7. The fourth-order valence-electron chi connectivity index (χ4n) is 6.79. The zero-order valence-electron chi connectivity index (χ0n) is 15.7. The molecule has 0 aliphatic heterocycles. The zero-order chi connectivity index (χ0) is 16.7. The first kappa shape index (κ1) is 17.3. The van der Waals surface area contributed by atoms with Crippen LogP contribution in [0.4, 0.5) is 0 Å². The number of nitrogens with one attached hydrogen (secondary N) is 1. The van der Waals surface area contributed by atoms with E-state index in [1.165, 1.54) is 32.1 Å². The Morgan fingerprint density at radius 3 is 2.30 bits per heavy atom. The fourth-order valence-corrected chi connectivity index (χ4v) is 6.79. The number of nitrogens with zero attached hydrogens (tertiary/aromatic N) is 1. The smallest absolute Gasteiger partial charge is 0.226 e. The molecular weight excluding hydrogens is 284 g/mol. The van der Waals surface area contributed by atoms with Crippen molar-refractivity contribution in [1.82, 2.24) is 10.2 Å². The van der Waals surface area contributed by atoms with Gasteiger partial charge in [0.15, 0.2) is 0 Å². The molecule has 0 aromatic heterocycles. The van der Waals surface area contributed by atoms with Crippen molar-refractivity contribution < 1.29 is 4.79 Å². The number of unbranched alkanes of at least 4 members (excludes halogenated alkanes) is 1. The normalized spacial score (nSPS) is 41.5. The average Bonchev–Trinajstić information content (AvgIpc) is 2.41. The quantitative estimate of drug-likeness (QED) is 0.773. The standard InChI is InChI=1S/C20H36N2O/c1-5-6-8-22(4)9-7-21-17(23)20-12-16-10-18(2,14-20)13-19(3,11-16)15-20/h16H,5-15H2,1-4H3,(H,21,23). The van der Waals surface area contributed by atoms with Crippen molar-refractivity contribution in [3.8, 4) is 0 Å². The van der Waals surface area contributed by atoms with E-state index in [2.05, 4.69) is 38.0 Å². The highest BCUT2D eigenvalue weighted by atomic mass is 16.2. The summed E-state index contributed by atoms with van der Waals surface area (Å²) in [5.41, 5.74) is 0.789. The molecule has 2 unspecified atom stereocenters. The maximum absolute atomic E-state index is 13.0. The van der Waals surface area contributed by atoms with Crippen LogP contribution in [0.2, 0.25) is 0 Å². The predicted octanol–water partition coefficient (Wildman–Crippen LogP) is 3.83. The number of amides is 1. The van der Waals surface area contributed by atoms with Gasteiger partial charge in [0.2, 0.25) is 5.91 Å². The molecule has 3 nitrogen and oxygen atoms in total. The van der Waals surface area contributed by atoms with Gasteiger partial charge >= 0.3 is 0 Å². The Hall–Kier alpha value is -0.570. The maximum Gasteiger partial charge on any atom is 0.226 e. The second-order valence-electron chi connectivity index (χ2n) is 9.82. The molecule has 4 bridgehead atoms. The van der Waals surface area contributed by atoms with Crippen molar-refractivity contribution in [2.75, 3.05) is 26.7 Å². The van der Waals surface area contributed by atoms with E-state index in [-0.39, 0.29) is 5.41 Å². The Balaban J connectivity index is 1.57. The Kier molecular flexibility index (Phi) is 4.54. The number of likely N-dealkylation sites (N-methyl/N-ethyl adjacent to an activating group) is 1. The molecule has 4 aliphatic carbocycles. The van der Waals surface area contributed by atoms with Gasteiger partial charge in [-0.1, -0.05) is 27.2 Å². The summed E-state index contributed by atoms with van der Waals surface area (Å²) in [6.07, 6.45) is 9.94. The largest absolute Gasteiger partial charge is 0.354 e. The van der Waals surface area contributed by atoms with Gasteiger partial charge in [0.1, 0.15) is 0 Å². The van der Waals surface area contributed by atoms with Crippen LogP contribution < -0.4 is 5.32 Å². The average molecular weight is 321 g/mol. The Labute approximate surface area is 142 Å². The lowest BCUT2D eigenvalue weighted by Crippen LogP contribution is -2.60. The van der Waals surface area contributed by atoms with E-state index >= 15 is 0 Å². The third kappa shape index (κ3) is 3.45. The van der Waals surface area contributed by atoms with Gasteiger partial charge in [-0.15, -0.1) is 0 Å². The lowest BCUT2D eigenvalue weighted by molar-refractivity contribution is -0.170. The zero-order valence-corrected chi connectivity index (χ0v) is 15.7. The number of carbonyl (C=O) groups excluding carboxylic acids is 1. The van der Waals surface area contributed by atoms with Gasteiger partial charge in [0.25, 0.3) is 0 Å². The first-order chi connectivity index (χ1) is 10.8. The highest BCUT2D eigenvalue weighted by Gasteiger charge is 2.62. The second-order valence-corrected chi connectivity index (χ2v) is 9.82. The van der Waals surface area contributed by atoms with E-state index in [9.17, 15) is 4.79 Å². The molecule has 0 heterocycles. The van der Waals surface area contributed by atoms with Crippen LogP contribution in [0.1, 0.15) is 72.1 Å². The molecule has 4 fully saturated rings. The van der Waals surface area contributed by atoms with Crippen molar-refractivity contribution in [2.24, 2.45) is 22.2 Å². The third-order valence-electron chi connectivity index (χ3n) is 6.78. The molecule has 23 heavy (non-hydrogen) atoms. The minimum Gasteiger partial charge on any atom is -0.354 e. The highest BCUT2D eigenvalue weighted by molar-refractivity contribution is 5.83. The van der Waals surface area contributed by atoms with Crippen LogP contribution in [0.15, 0.2) is 0 Å². The molecule has 4 saturated carbocycles. The minimum atomic E-state index is -0.0507. The van der Waals surface area contributed by atoms with Crippen LogP contribution in [0, 0.1) is 22.2 Å². The lowest BCUT2D eigenvalue weighted by atomic mass is 9.40. The predicted molar refractivity (Wildman–Crippen MR) is 95.3 cm³/mol. The van der Waals surface area contributed by atoms with Crippen LogP contribution >= 0.6 is 0 Å². The first-order valence-electron chi connectivity index (χ1n) is 9.75. The number of hydrogen-bond donors (Lipinski definition) is 1. The molecule has 1 amide bonds. The second kappa shape index (κ2) is 6.06. The van der Waals surface area contributed by atoms with Crippen LogP contribution in [-0.2, 0) is 4.79 Å². The Morgan fingerprint density at radius 1 is 1.09 bits per heavy atom. The number of hydrogen-bond acceptors (Lipinski definition) is 2. The van der Waals surface area contributed by atoms with Crippen molar-refractivity contribution in [3.05, 3.63) is 0 Å². The molecule has 132 valence electrons. The molecule has 4 rings (SSSR count). The summed E-state index contributed by atoms with van der Waals surface area (Å²) in [4.78, 5) is 15.4. The summed E-state index contributed by atoms with van der Waals surface area (Å²) in [5.74, 6) is 1.15. The van der Waals surface area contributed by atoms with E-state index < -0.39 is 0 Å². The summed E-state index contributed by atoms with van der Waals surface area (Å²) in [6.45, 7) is 10.0. The maximum atomic E-state index is 13.0. The summed E-state index contributed by atoms with van der Waals surface area (Å²) < 4.78 is 0. The molecule has 0 aromatic rings. The van der Waals surface area contributed by atoms with Crippen molar-refractivity contribution in [2.45, 2.75) is 72.1 Å². The Morgan fingerprint density at radius 2 is 1.74 bits per heavy atom. The van der Waals surface area contributed by atoms with Gasteiger partial charge in [0.05, 0.1) is 5.41 Å². The summed E-state index contributed by atoms with van der Waals surface area (Å²) in [5, 5.41) is 3.30. The topological polar surface area (TPSA) is 32.3 Å². The van der Waals surface area contributed by atoms with E-state index in [0.717, 1.165) is 44.8 Å². The van der Waals surface area contributed by atoms with Gasteiger partial charge in [-0.2, -0.15) is 0 Å². The van der Waals surface area contributed by atoms with E-state index in [4.69, 9.17) is 0 Å². The molecule has 0 spiro atoms. The van der Waals surface area contributed by atoms with Crippen LogP contribution in [0.3, 0.4) is 0 Å². The molecule has 2 atom stereocenters. The first-order valence-corrected chi connectivity index (χ1v) is 9.75. The van der Waals surface area contributed by atoms with Gasteiger partial charge in [-0.05, 0) is 75.3 Å². The summed E-state index contributed by atoms with van der Waals surface area (Å²) >= 11 is 0. The van der Waals surface area contributed by atoms with Gasteiger partial charge in [-0.25, -0.2) is 0 Å². The highest BCUT2D eigenvalue weighted by Crippen LogP contribution is 2.69.